The zero-order chi connectivity index (χ0) is 21.3. The average Bonchev–Trinajstić information content (AvgIpc) is 3.08. The van der Waals surface area contributed by atoms with Crippen molar-refractivity contribution in [1.82, 2.24) is 14.7 Å². The van der Waals surface area contributed by atoms with Gasteiger partial charge in [-0.15, -0.1) is 0 Å². The minimum absolute atomic E-state index is 0.103. The third-order valence-electron chi connectivity index (χ3n) is 5.75. The average molecular weight is 404 g/mol. The lowest BCUT2D eigenvalue weighted by Crippen LogP contribution is -2.49. The third-order valence-corrected chi connectivity index (χ3v) is 5.75. The monoisotopic (exact) mass is 403 g/mol. The van der Waals surface area contributed by atoms with Crippen LogP contribution in [-0.2, 0) is 0 Å². The molecule has 0 spiro atoms. The number of aryl methyl sites for hydroxylation is 1. The molecule has 2 aromatic carbocycles. The molecule has 30 heavy (non-hydrogen) atoms. The van der Waals surface area contributed by atoms with Gasteiger partial charge in [-0.3, -0.25) is 4.79 Å². The van der Waals surface area contributed by atoms with Crippen molar-refractivity contribution in [1.29, 1.82) is 0 Å². The van der Waals surface area contributed by atoms with Gasteiger partial charge < -0.3 is 14.7 Å². The van der Waals surface area contributed by atoms with Crippen molar-refractivity contribution in [3.8, 4) is 5.69 Å². The van der Waals surface area contributed by atoms with E-state index in [4.69, 9.17) is 5.10 Å². The molecule has 0 N–H and O–H groups in total. The van der Waals surface area contributed by atoms with Gasteiger partial charge in [-0.2, -0.15) is 5.10 Å². The van der Waals surface area contributed by atoms with Gasteiger partial charge in [-0.25, -0.2) is 4.68 Å². The van der Waals surface area contributed by atoms with Gasteiger partial charge in [0.2, 0.25) is 0 Å². The Hall–Kier alpha value is -3.28. The first-order valence-electron chi connectivity index (χ1n) is 10.4. The van der Waals surface area contributed by atoms with Crippen LogP contribution < -0.4 is 9.80 Å². The van der Waals surface area contributed by atoms with Gasteiger partial charge in [-0.1, -0.05) is 24.3 Å². The summed E-state index contributed by atoms with van der Waals surface area (Å²) in [7, 11) is 3.98. The topological polar surface area (TPSA) is 44.6 Å². The summed E-state index contributed by atoms with van der Waals surface area (Å²) >= 11 is 0. The van der Waals surface area contributed by atoms with Crippen molar-refractivity contribution in [2.45, 2.75) is 13.8 Å². The van der Waals surface area contributed by atoms with E-state index in [1.807, 2.05) is 71.0 Å². The SMILES string of the molecule is Cc1nn(-c2ccccc2)c(C)c1N1CCN(C(=O)c2cccc(N(C)C)c2)CC1. The summed E-state index contributed by atoms with van der Waals surface area (Å²) in [5.41, 5.74) is 6.20. The van der Waals surface area contributed by atoms with Crippen LogP contribution in [0.3, 0.4) is 0 Å². The van der Waals surface area contributed by atoms with Gasteiger partial charge in [0.05, 0.1) is 22.8 Å². The Kier molecular flexibility index (Phi) is 5.48. The maximum absolute atomic E-state index is 13.0. The van der Waals surface area contributed by atoms with E-state index in [-0.39, 0.29) is 5.91 Å². The van der Waals surface area contributed by atoms with E-state index in [1.54, 1.807) is 0 Å². The van der Waals surface area contributed by atoms with Crippen LogP contribution in [0, 0.1) is 13.8 Å². The number of aromatic nitrogens is 2. The predicted octanol–water partition coefficient (Wildman–Crippen LogP) is 3.52. The van der Waals surface area contributed by atoms with Crippen molar-refractivity contribution in [3.63, 3.8) is 0 Å². The molecule has 1 aromatic heterocycles. The molecule has 2 heterocycles. The molecule has 156 valence electrons. The summed E-state index contributed by atoms with van der Waals surface area (Å²) in [5, 5.41) is 4.77. The molecular weight excluding hydrogens is 374 g/mol. The Morgan fingerprint density at radius 2 is 1.63 bits per heavy atom. The van der Waals surface area contributed by atoms with Crippen LogP contribution in [0.1, 0.15) is 21.7 Å². The van der Waals surface area contributed by atoms with Gasteiger partial charge in [0.1, 0.15) is 0 Å². The van der Waals surface area contributed by atoms with E-state index in [2.05, 4.69) is 30.9 Å². The fourth-order valence-electron chi connectivity index (χ4n) is 4.15. The summed E-state index contributed by atoms with van der Waals surface area (Å²) in [6.45, 7) is 7.21. The largest absolute Gasteiger partial charge is 0.378 e. The highest BCUT2D eigenvalue weighted by Crippen LogP contribution is 2.28. The minimum Gasteiger partial charge on any atom is -0.378 e. The smallest absolute Gasteiger partial charge is 0.254 e. The standard InChI is InChI=1S/C24H29N5O/c1-18-23(19(2)29(25-18)21-10-6-5-7-11-21)27-13-15-28(16-14-27)24(30)20-9-8-12-22(17-20)26(3)4/h5-12,17H,13-16H2,1-4H3. The number of nitrogens with zero attached hydrogens (tertiary/aromatic N) is 5. The molecule has 1 aliphatic rings. The summed E-state index contributed by atoms with van der Waals surface area (Å²) in [6, 6.07) is 18.0. The summed E-state index contributed by atoms with van der Waals surface area (Å²) in [6.07, 6.45) is 0. The first-order chi connectivity index (χ1) is 14.5. The van der Waals surface area contributed by atoms with Gasteiger partial charge >= 0.3 is 0 Å². The van der Waals surface area contributed by atoms with E-state index in [9.17, 15) is 4.79 Å². The second-order valence-corrected chi connectivity index (χ2v) is 7.99. The predicted molar refractivity (Wildman–Crippen MR) is 122 cm³/mol. The molecule has 0 saturated carbocycles. The summed E-state index contributed by atoms with van der Waals surface area (Å²) in [5.74, 6) is 0.103. The van der Waals surface area contributed by atoms with Gasteiger partial charge in [-0.05, 0) is 44.2 Å². The number of carbonyl (C=O) groups excluding carboxylic acids is 1. The van der Waals surface area contributed by atoms with E-state index < -0.39 is 0 Å². The highest BCUT2D eigenvalue weighted by atomic mass is 16.2. The van der Waals surface area contributed by atoms with E-state index in [1.165, 1.54) is 5.69 Å². The Morgan fingerprint density at radius 3 is 2.30 bits per heavy atom. The molecule has 0 radical (unpaired) electrons. The number of carbonyl (C=O) groups is 1. The van der Waals surface area contributed by atoms with Crippen LogP contribution in [0.15, 0.2) is 54.6 Å². The first kappa shape index (κ1) is 20.0. The van der Waals surface area contributed by atoms with Crippen molar-refractivity contribution in [2.24, 2.45) is 0 Å². The molecule has 0 aliphatic carbocycles. The van der Waals surface area contributed by atoms with Crippen LogP contribution in [0.5, 0.6) is 0 Å². The van der Waals surface area contributed by atoms with Crippen LogP contribution in [0.4, 0.5) is 11.4 Å². The van der Waals surface area contributed by atoms with Gasteiger partial charge in [0, 0.05) is 51.5 Å². The van der Waals surface area contributed by atoms with Crippen molar-refractivity contribution in [3.05, 3.63) is 71.5 Å². The fraction of sp³-hybridized carbons (Fsp3) is 0.333. The van der Waals surface area contributed by atoms with Crippen molar-refractivity contribution >= 4 is 17.3 Å². The zero-order valence-electron chi connectivity index (χ0n) is 18.2. The molecule has 1 amide bonds. The molecule has 3 aromatic rings. The second-order valence-electron chi connectivity index (χ2n) is 7.99. The second kappa shape index (κ2) is 8.22. The molecule has 1 saturated heterocycles. The first-order valence-corrected chi connectivity index (χ1v) is 10.4. The van der Waals surface area contributed by atoms with E-state index in [0.29, 0.717) is 13.1 Å². The minimum atomic E-state index is 0.103. The quantitative estimate of drug-likeness (QED) is 0.669. The van der Waals surface area contributed by atoms with Crippen LogP contribution in [0.2, 0.25) is 0 Å². The number of piperazine rings is 1. The molecule has 1 fully saturated rings. The molecule has 1 aliphatic heterocycles. The number of amides is 1. The molecular formula is C24H29N5O. The fourth-order valence-corrected chi connectivity index (χ4v) is 4.15. The number of para-hydroxylation sites is 1. The molecule has 6 heteroatoms. The lowest BCUT2D eigenvalue weighted by Gasteiger charge is -2.36. The molecule has 0 bridgehead atoms. The summed E-state index contributed by atoms with van der Waals surface area (Å²) in [4.78, 5) is 19.3. The Balaban J connectivity index is 1.48. The number of anilines is 2. The Morgan fingerprint density at radius 1 is 0.933 bits per heavy atom. The van der Waals surface area contributed by atoms with E-state index >= 15 is 0 Å². The highest BCUT2D eigenvalue weighted by Gasteiger charge is 2.26. The number of hydrogen-bond acceptors (Lipinski definition) is 4. The molecule has 0 unspecified atom stereocenters. The van der Waals surface area contributed by atoms with Crippen molar-refractivity contribution < 1.29 is 4.79 Å². The third kappa shape index (κ3) is 3.77. The Bertz CT molecular complexity index is 1030. The van der Waals surface area contributed by atoms with Crippen LogP contribution in [-0.4, -0.2) is 60.9 Å². The molecule has 6 nitrogen and oxygen atoms in total. The maximum Gasteiger partial charge on any atom is 0.254 e. The van der Waals surface area contributed by atoms with Gasteiger partial charge in [0.15, 0.2) is 0 Å². The molecule has 4 rings (SSSR count). The van der Waals surface area contributed by atoms with E-state index in [0.717, 1.165) is 41.4 Å². The number of rotatable bonds is 4. The van der Waals surface area contributed by atoms with Crippen LogP contribution >= 0.6 is 0 Å². The number of benzene rings is 2. The lowest BCUT2D eigenvalue weighted by atomic mass is 10.1. The Labute approximate surface area is 178 Å². The normalized spacial score (nSPS) is 14.1. The summed E-state index contributed by atoms with van der Waals surface area (Å²) < 4.78 is 2.01. The highest BCUT2D eigenvalue weighted by molar-refractivity contribution is 5.95. The molecule has 0 atom stereocenters. The van der Waals surface area contributed by atoms with Crippen LogP contribution in [0.25, 0.3) is 5.69 Å². The van der Waals surface area contributed by atoms with Gasteiger partial charge in [0.25, 0.3) is 5.91 Å². The lowest BCUT2D eigenvalue weighted by molar-refractivity contribution is 0.0747. The van der Waals surface area contributed by atoms with Crippen molar-refractivity contribution in [2.75, 3.05) is 50.1 Å². The number of hydrogen-bond donors (Lipinski definition) is 0. The zero-order valence-corrected chi connectivity index (χ0v) is 18.2. The maximum atomic E-state index is 13.0.